The normalized spacial score (nSPS) is 11.3. The molecule has 0 fully saturated rings. The maximum Gasteiger partial charge on any atom is 0.277 e. The first-order valence-corrected chi connectivity index (χ1v) is 7.18. The van der Waals surface area contributed by atoms with Crippen molar-refractivity contribution in [1.82, 2.24) is 5.43 Å². The Morgan fingerprint density at radius 1 is 1.40 bits per heavy atom. The third-order valence-corrected chi connectivity index (χ3v) is 3.05. The van der Waals surface area contributed by atoms with Crippen molar-refractivity contribution in [3.63, 3.8) is 0 Å². The zero-order valence-electron chi connectivity index (χ0n) is 11.6. The number of hydrogen-bond acceptors (Lipinski definition) is 3. The van der Waals surface area contributed by atoms with Crippen LogP contribution in [0.1, 0.15) is 33.1 Å². The lowest BCUT2D eigenvalue weighted by Gasteiger charge is -2.07. The van der Waals surface area contributed by atoms with E-state index in [-0.39, 0.29) is 12.5 Å². The van der Waals surface area contributed by atoms with E-state index in [2.05, 4.69) is 17.5 Å². The van der Waals surface area contributed by atoms with Crippen LogP contribution in [0, 0.1) is 0 Å². The van der Waals surface area contributed by atoms with Crippen molar-refractivity contribution >= 4 is 34.8 Å². The van der Waals surface area contributed by atoms with E-state index in [1.165, 1.54) is 0 Å². The minimum absolute atomic E-state index is 0.147. The summed E-state index contributed by atoms with van der Waals surface area (Å²) in [6, 6.07) is 4.82. The summed E-state index contributed by atoms with van der Waals surface area (Å²) in [5, 5.41) is 4.88. The molecule has 0 saturated carbocycles. The first kappa shape index (κ1) is 16.8. The Balaban J connectivity index is 2.39. The number of nitrogens with one attached hydrogen (secondary N) is 1. The SMILES string of the molecule is CCCCC(C)=NNC(=O)COc1ccc(Cl)cc1Cl. The zero-order chi connectivity index (χ0) is 15.0. The van der Waals surface area contributed by atoms with Crippen LogP contribution < -0.4 is 10.2 Å². The molecule has 0 saturated heterocycles. The number of rotatable bonds is 7. The van der Waals surface area contributed by atoms with E-state index in [1.807, 2.05) is 6.92 Å². The summed E-state index contributed by atoms with van der Waals surface area (Å²) in [7, 11) is 0. The van der Waals surface area contributed by atoms with Gasteiger partial charge in [0.15, 0.2) is 6.61 Å². The first-order chi connectivity index (χ1) is 9.52. The molecule has 1 aromatic carbocycles. The van der Waals surface area contributed by atoms with Crippen molar-refractivity contribution in [2.75, 3.05) is 6.61 Å². The van der Waals surface area contributed by atoms with Gasteiger partial charge in [-0.15, -0.1) is 0 Å². The van der Waals surface area contributed by atoms with Crippen molar-refractivity contribution in [2.45, 2.75) is 33.1 Å². The van der Waals surface area contributed by atoms with Crippen molar-refractivity contribution in [3.05, 3.63) is 28.2 Å². The minimum Gasteiger partial charge on any atom is -0.482 e. The van der Waals surface area contributed by atoms with Crippen LogP contribution in [0.3, 0.4) is 0 Å². The van der Waals surface area contributed by atoms with E-state index >= 15 is 0 Å². The average molecular weight is 317 g/mol. The molecule has 0 unspecified atom stereocenters. The van der Waals surface area contributed by atoms with Gasteiger partial charge in [0.1, 0.15) is 5.75 Å². The summed E-state index contributed by atoms with van der Waals surface area (Å²) in [6.45, 7) is 3.84. The van der Waals surface area contributed by atoms with Crippen LogP contribution in [0.2, 0.25) is 10.0 Å². The van der Waals surface area contributed by atoms with Gasteiger partial charge in [0.2, 0.25) is 0 Å². The number of amides is 1. The highest BCUT2D eigenvalue weighted by atomic mass is 35.5. The molecule has 1 aromatic rings. The molecule has 6 heteroatoms. The topological polar surface area (TPSA) is 50.7 Å². The monoisotopic (exact) mass is 316 g/mol. The fraction of sp³-hybridized carbons (Fsp3) is 0.429. The predicted molar refractivity (Wildman–Crippen MR) is 82.7 cm³/mol. The molecule has 0 aliphatic carbocycles. The van der Waals surface area contributed by atoms with Gasteiger partial charge in [-0.2, -0.15) is 5.10 Å². The summed E-state index contributed by atoms with van der Waals surface area (Å²) in [5.41, 5.74) is 3.34. The molecule has 1 rings (SSSR count). The largest absolute Gasteiger partial charge is 0.482 e. The van der Waals surface area contributed by atoms with Gasteiger partial charge in [-0.25, -0.2) is 5.43 Å². The van der Waals surface area contributed by atoms with E-state index in [0.29, 0.717) is 15.8 Å². The number of benzene rings is 1. The number of unbranched alkanes of at least 4 members (excludes halogenated alkanes) is 1. The third-order valence-electron chi connectivity index (χ3n) is 2.52. The second kappa shape index (κ2) is 8.82. The molecule has 20 heavy (non-hydrogen) atoms. The van der Waals surface area contributed by atoms with Crippen LogP contribution in [0.4, 0.5) is 0 Å². The molecule has 110 valence electrons. The Morgan fingerprint density at radius 3 is 2.80 bits per heavy atom. The molecule has 0 heterocycles. The van der Waals surface area contributed by atoms with Crippen LogP contribution in [0.5, 0.6) is 5.75 Å². The Bertz CT molecular complexity index is 490. The maximum atomic E-state index is 11.6. The lowest BCUT2D eigenvalue weighted by molar-refractivity contribution is -0.123. The van der Waals surface area contributed by atoms with Crippen LogP contribution in [0.15, 0.2) is 23.3 Å². The number of hydrazone groups is 1. The molecule has 1 N–H and O–H groups in total. The first-order valence-electron chi connectivity index (χ1n) is 6.42. The standard InChI is InChI=1S/C14H18Cl2N2O2/c1-3-4-5-10(2)17-18-14(19)9-20-13-7-6-11(15)8-12(13)16/h6-8H,3-5,9H2,1-2H3,(H,18,19). The Labute approximate surface area is 129 Å². The molecule has 0 aliphatic heterocycles. The van der Waals surface area contributed by atoms with Crippen molar-refractivity contribution in [2.24, 2.45) is 5.10 Å². The number of nitrogens with zero attached hydrogens (tertiary/aromatic N) is 1. The Kier molecular flexibility index (Phi) is 7.41. The van der Waals surface area contributed by atoms with Gasteiger partial charge in [-0.1, -0.05) is 36.5 Å². The number of halogens is 2. The average Bonchev–Trinajstić information content (AvgIpc) is 2.41. The van der Waals surface area contributed by atoms with E-state index in [1.54, 1.807) is 18.2 Å². The van der Waals surface area contributed by atoms with Gasteiger partial charge in [0, 0.05) is 10.7 Å². The minimum atomic E-state index is -0.327. The summed E-state index contributed by atoms with van der Waals surface area (Å²) < 4.78 is 5.30. The molecule has 0 spiro atoms. The van der Waals surface area contributed by atoms with Crippen LogP contribution in [-0.4, -0.2) is 18.2 Å². The van der Waals surface area contributed by atoms with Gasteiger partial charge >= 0.3 is 0 Å². The van der Waals surface area contributed by atoms with Gasteiger partial charge in [-0.3, -0.25) is 4.79 Å². The number of ether oxygens (including phenoxy) is 1. The van der Waals surface area contributed by atoms with Crippen LogP contribution in [-0.2, 0) is 4.79 Å². The Morgan fingerprint density at radius 2 is 2.15 bits per heavy atom. The van der Waals surface area contributed by atoms with Crippen LogP contribution >= 0.6 is 23.2 Å². The van der Waals surface area contributed by atoms with E-state index < -0.39 is 0 Å². The van der Waals surface area contributed by atoms with Gasteiger partial charge in [0.25, 0.3) is 5.91 Å². The van der Waals surface area contributed by atoms with Crippen LogP contribution in [0.25, 0.3) is 0 Å². The molecule has 0 aliphatic rings. The lowest BCUT2D eigenvalue weighted by Crippen LogP contribution is -2.25. The number of hydrogen-bond donors (Lipinski definition) is 1. The lowest BCUT2D eigenvalue weighted by atomic mass is 10.2. The molecular weight excluding hydrogens is 299 g/mol. The fourth-order valence-electron chi connectivity index (χ4n) is 1.41. The molecule has 0 atom stereocenters. The quantitative estimate of drug-likeness (QED) is 0.609. The molecule has 1 amide bonds. The van der Waals surface area contributed by atoms with E-state index in [0.717, 1.165) is 25.0 Å². The molecule has 0 bridgehead atoms. The van der Waals surface area contributed by atoms with Gasteiger partial charge in [0.05, 0.1) is 5.02 Å². The Hall–Kier alpha value is -1.26. The second-order valence-electron chi connectivity index (χ2n) is 4.35. The number of carbonyl (C=O) groups excluding carboxylic acids is 1. The molecule has 0 aromatic heterocycles. The van der Waals surface area contributed by atoms with Gasteiger partial charge < -0.3 is 4.74 Å². The summed E-state index contributed by atoms with van der Waals surface area (Å²) in [6.07, 6.45) is 3.03. The summed E-state index contributed by atoms with van der Waals surface area (Å²) >= 11 is 11.7. The molecular formula is C14H18Cl2N2O2. The fourth-order valence-corrected chi connectivity index (χ4v) is 1.88. The molecule has 0 radical (unpaired) electrons. The second-order valence-corrected chi connectivity index (χ2v) is 5.19. The highest BCUT2D eigenvalue weighted by molar-refractivity contribution is 6.35. The van der Waals surface area contributed by atoms with Crippen molar-refractivity contribution in [3.8, 4) is 5.75 Å². The van der Waals surface area contributed by atoms with Gasteiger partial charge in [-0.05, 0) is 38.0 Å². The molecule has 4 nitrogen and oxygen atoms in total. The highest BCUT2D eigenvalue weighted by Gasteiger charge is 2.06. The third kappa shape index (κ3) is 6.26. The number of carbonyl (C=O) groups is 1. The van der Waals surface area contributed by atoms with Crippen molar-refractivity contribution in [1.29, 1.82) is 0 Å². The van der Waals surface area contributed by atoms with Crippen molar-refractivity contribution < 1.29 is 9.53 Å². The highest BCUT2D eigenvalue weighted by Crippen LogP contribution is 2.27. The zero-order valence-corrected chi connectivity index (χ0v) is 13.1. The maximum absolute atomic E-state index is 11.6. The summed E-state index contributed by atoms with van der Waals surface area (Å²) in [4.78, 5) is 11.6. The smallest absolute Gasteiger partial charge is 0.277 e. The van der Waals surface area contributed by atoms with E-state index in [9.17, 15) is 4.79 Å². The summed E-state index contributed by atoms with van der Waals surface area (Å²) in [5.74, 6) is 0.0877. The predicted octanol–water partition coefficient (Wildman–Crippen LogP) is 4.05. The van der Waals surface area contributed by atoms with E-state index in [4.69, 9.17) is 27.9 Å².